The Balaban J connectivity index is 1.24. The molecule has 0 bridgehead atoms. The number of nitrogens with two attached hydrogens (primary N) is 2. The molecule has 6 rings (SSSR count). The zero-order chi connectivity index (χ0) is 36.3. The van der Waals surface area contributed by atoms with Crippen LogP contribution in [0.5, 0.6) is 0 Å². The fraction of sp³-hybridized carbons (Fsp3) is 0.929. The number of ether oxygens (including phenoxy) is 1. The van der Waals surface area contributed by atoms with Crippen molar-refractivity contribution in [3.05, 3.63) is 11.6 Å². The summed E-state index contributed by atoms with van der Waals surface area (Å²) in [6, 6.07) is 0. The Morgan fingerprint density at radius 2 is 1.70 bits per heavy atom. The van der Waals surface area contributed by atoms with E-state index in [1.54, 1.807) is 6.08 Å². The van der Waals surface area contributed by atoms with Gasteiger partial charge in [-0.3, -0.25) is 10.5 Å². The molecule has 4 aliphatic carbocycles. The van der Waals surface area contributed by atoms with Crippen LogP contribution in [0.3, 0.4) is 0 Å². The molecule has 6 aliphatic rings. The van der Waals surface area contributed by atoms with Gasteiger partial charge in [-0.25, -0.2) is 0 Å². The molecule has 13 unspecified atom stereocenters. The Kier molecular flexibility index (Phi) is 10.9. The van der Waals surface area contributed by atoms with Gasteiger partial charge in [0.15, 0.2) is 5.78 Å². The fourth-order valence-corrected chi connectivity index (χ4v) is 12.7. The van der Waals surface area contributed by atoms with Crippen molar-refractivity contribution in [2.24, 2.45) is 45.7 Å². The van der Waals surface area contributed by atoms with Crippen LogP contribution in [0.1, 0.15) is 157 Å². The lowest BCUT2D eigenvalue weighted by Gasteiger charge is -2.61. The van der Waals surface area contributed by atoms with E-state index in [4.69, 9.17) is 10.5 Å². The van der Waals surface area contributed by atoms with Gasteiger partial charge in [0.05, 0.1) is 29.5 Å². The molecular weight excluding hydrogens is 628 g/mol. The van der Waals surface area contributed by atoms with Crippen LogP contribution in [0.4, 0.5) is 0 Å². The second kappa shape index (κ2) is 14.1. The monoisotopic (exact) mass is 702 g/mol. The molecule has 0 radical (unpaired) electrons. The Morgan fingerprint density at radius 1 is 0.940 bits per heavy atom. The number of hydrogen-bond acceptors (Lipinski definition) is 7. The smallest absolute Gasteiger partial charge is 0.159 e. The molecule has 2 saturated heterocycles. The minimum absolute atomic E-state index is 0.0904. The van der Waals surface area contributed by atoms with E-state index in [0.717, 1.165) is 95.6 Å². The number of rotatable bonds is 14. The SMILES string of the molecule is CCCCCCC12CCC(O)CC1C(=O)C=C1C2CCC2(C)C(C(O)(CCC)C3OC3C(C)(O)C(C)(C)CCC3CC[NH2+]C(N)C3)CCC12O. The molecule has 8 nitrogen and oxygen atoms in total. The average Bonchev–Trinajstić information content (AvgIpc) is 3.83. The quantitative estimate of drug-likeness (QED) is 0.106. The zero-order valence-corrected chi connectivity index (χ0v) is 32.4. The first-order valence-electron chi connectivity index (χ1n) is 20.9. The van der Waals surface area contributed by atoms with Crippen molar-refractivity contribution in [3.63, 3.8) is 0 Å². The number of aliphatic hydroxyl groups is 4. The van der Waals surface area contributed by atoms with Crippen molar-refractivity contribution < 1.29 is 35.3 Å². The van der Waals surface area contributed by atoms with Crippen molar-refractivity contribution in [1.82, 2.24) is 0 Å². The number of ketones is 1. The molecule has 0 spiro atoms. The molecule has 0 aromatic heterocycles. The van der Waals surface area contributed by atoms with Gasteiger partial charge in [0.1, 0.15) is 18.4 Å². The van der Waals surface area contributed by atoms with Gasteiger partial charge < -0.3 is 30.5 Å². The summed E-state index contributed by atoms with van der Waals surface area (Å²) in [5.74, 6) is 0.376. The third-order valence-electron chi connectivity index (χ3n) is 16.3. The lowest BCUT2D eigenvalue weighted by molar-refractivity contribution is -0.699. The van der Waals surface area contributed by atoms with Crippen molar-refractivity contribution in [2.45, 2.75) is 198 Å². The molecule has 8 heteroatoms. The highest BCUT2D eigenvalue weighted by Gasteiger charge is 2.73. The average molecular weight is 702 g/mol. The summed E-state index contributed by atoms with van der Waals surface area (Å²) in [5, 5.41) is 51.1. The number of fused-ring (bicyclic) bond motifs is 5. The molecule has 0 aromatic rings. The van der Waals surface area contributed by atoms with Crippen LogP contribution < -0.4 is 11.1 Å². The summed E-state index contributed by atoms with van der Waals surface area (Å²) in [6.07, 6.45) is 16.4. The molecule has 0 aromatic carbocycles. The first-order chi connectivity index (χ1) is 23.5. The molecule has 5 fully saturated rings. The highest BCUT2D eigenvalue weighted by atomic mass is 16.6. The maximum atomic E-state index is 14.1. The van der Waals surface area contributed by atoms with E-state index in [1.165, 1.54) is 6.42 Å². The van der Waals surface area contributed by atoms with Crippen molar-refractivity contribution in [1.29, 1.82) is 0 Å². The molecule has 50 heavy (non-hydrogen) atoms. The number of hydrogen-bond donors (Lipinski definition) is 6. The van der Waals surface area contributed by atoms with Gasteiger partial charge in [0.25, 0.3) is 0 Å². The third kappa shape index (κ3) is 6.30. The molecule has 8 N–H and O–H groups in total. The summed E-state index contributed by atoms with van der Waals surface area (Å²) >= 11 is 0. The number of quaternary nitrogens is 1. The number of epoxide rings is 1. The van der Waals surface area contributed by atoms with Crippen molar-refractivity contribution in [3.8, 4) is 0 Å². The second-order valence-electron chi connectivity index (χ2n) is 19.4. The predicted octanol–water partition coefficient (Wildman–Crippen LogP) is 5.28. The summed E-state index contributed by atoms with van der Waals surface area (Å²) in [7, 11) is 0. The van der Waals surface area contributed by atoms with E-state index in [9.17, 15) is 25.2 Å². The molecule has 286 valence electrons. The van der Waals surface area contributed by atoms with Gasteiger partial charge in [0.2, 0.25) is 0 Å². The van der Waals surface area contributed by atoms with E-state index in [2.05, 4.69) is 39.9 Å². The number of unbranched alkanes of at least 4 members (excludes halogenated alkanes) is 3. The summed E-state index contributed by atoms with van der Waals surface area (Å²) in [6.45, 7) is 13.7. The number of carbonyl (C=O) groups is 1. The zero-order valence-electron chi connectivity index (χ0n) is 32.4. The van der Waals surface area contributed by atoms with E-state index in [-0.39, 0.29) is 35.1 Å². The fourth-order valence-electron chi connectivity index (χ4n) is 12.7. The lowest BCUT2D eigenvalue weighted by atomic mass is 9.44. The van der Waals surface area contributed by atoms with E-state index >= 15 is 0 Å². The largest absolute Gasteiger partial charge is 0.393 e. The Bertz CT molecular complexity index is 1270. The van der Waals surface area contributed by atoms with Crippen LogP contribution in [0, 0.1) is 39.9 Å². The lowest BCUT2D eigenvalue weighted by Crippen LogP contribution is -2.94. The first kappa shape index (κ1) is 38.8. The minimum Gasteiger partial charge on any atom is -0.393 e. The van der Waals surface area contributed by atoms with Gasteiger partial charge in [0, 0.05) is 17.8 Å². The van der Waals surface area contributed by atoms with Crippen molar-refractivity contribution in [2.75, 3.05) is 6.54 Å². The van der Waals surface area contributed by atoms with E-state index in [0.29, 0.717) is 31.6 Å². The predicted molar refractivity (Wildman–Crippen MR) is 196 cm³/mol. The number of piperidine rings is 1. The summed E-state index contributed by atoms with van der Waals surface area (Å²) in [4.78, 5) is 14.1. The van der Waals surface area contributed by atoms with Crippen LogP contribution in [0.25, 0.3) is 0 Å². The first-order valence-corrected chi connectivity index (χ1v) is 20.9. The topological polar surface area (TPSA) is 153 Å². The molecule has 2 heterocycles. The molecule has 2 aliphatic heterocycles. The van der Waals surface area contributed by atoms with Crippen LogP contribution in [0.2, 0.25) is 0 Å². The number of aliphatic hydroxyl groups excluding tert-OH is 1. The highest BCUT2D eigenvalue weighted by Crippen LogP contribution is 2.70. The van der Waals surface area contributed by atoms with Gasteiger partial charge in [-0.15, -0.1) is 0 Å². The molecule has 3 saturated carbocycles. The van der Waals surface area contributed by atoms with Crippen LogP contribution in [-0.2, 0) is 9.53 Å². The van der Waals surface area contributed by atoms with E-state index < -0.39 is 45.9 Å². The van der Waals surface area contributed by atoms with Gasteiger partial charge in [-0.2, -0.15) is 0 Å². The van der Waals surface area contributed by atoms with Gasteiger partial charge >= 0.3 is 0 Å². The number of allylic oxidation sites excluding steroid dienone is 1. The van der Waals surface area contributed by atoms with E-state index in [1.807, 2.05) is 6.92 Å². The standard InChI is InChI=1S/C42H72N2O6/c1-7-9-10-11-18-40-21-13-28(45)25-31(40)32(46)26-30-29(40)14-20-38(5)33(15-22-42(30,38)49)41(48,17-8-2)36-35(50-36)39(6,47)37(3,4)19-12-27-16-23-44-34(43)24-27/h26-29,31,33-36,44-45,47-49H,7-25,43H2,1-6H3/p+1. The third-order valence-corrected chi connectivity index (χ3v) is 16.3. The Hall–Kier alpha value is -0.870. The maximum absolute atomic E-state index is 14.1. The number of carbonyl (C=O) groups excluding carboxylic acids is 1. The summed E-state index contributed by atoms with van der Waals surface area (Å²) in [5.41, 5.74) is 2.38. The van der Waals surface area contributed by atoms with Gasteiger partial charge in [-0.1, -0.05) is 66.7 Å². The van der Waals surface area contributed by atoms with Crippen LogP contribution >= 0.6 is 0 Å². The second-order valence-corrected chi connectivity index (χ2v) is 19.4. The van der Waals surface area contributed by atoms with Crippen molar-refractivity contribution >= 4 is 5.78 Å². The molecular formula is C42H73N2O6+. The molecule has 13 atom stereocenters. The normalized spacial score (nSPS) is 44.0. The summed E-state index contributed by atoms with van der Waals surface area (Å²) < 4.78 is 6.45. The Morgan fingerprint density at radius 3 is 2.40 bits per heavy atom. The highest BCUT2D eigenvalue weighted by molar-refractivity contribution is 5.95. The van der Waals surface area contributed by atoms with Gasteiger partial charge in [-0.05, 0) is 124 Å². The maximum Gasteiger partial charge on any atom is 0.159 e. The Labute approximate surface area is 302 Å². The van der Waals surface area contributed by atoms with Crippen LogP contribution in [-0.4, -0.2) is 74.0 Å². The minimum atomic E-state index is -1.20. The molecule has 0 amide bonds. The van der Waals surface area contributed by atoms with Crippen LogP contribution in [0.15, 0.2) is 11.6 Å².